The maximum atomic E-state index is 11.6. The second kappa shape index (κ2) is 4.43. The number of hydrogen-bond donors (Lipinski definition) is 2. The number of aromatic amines is 1. The predicted molar refractivity (Wildman–Crippen MR) is 63.7 cm³/mol. The van der Waals surface area contributed by atoms with Crippen LogP contribution in [0.5, 0.6) is 0 Å². The van der Waals surface area contributed by atoms with Crippen LogP contribution in [-0.4, -0.2) is 48.1 Å². The third-order valence-electron chi connectivity index (χ3n) is 2.83. The van der Waals surface area contributed by atoms with Crippen molar-refractivity contribution >= 4 is 11.8 Å². The number of anilines is 2. The van der Waals surface area contributed by atoms with E-state index in [1.54, 1.807) is 0 Å². The number of piperazine rings is 1. The monoisotopic (exact) mass is 234 g/mol. The molecule has 1 aliphatic rings. The Kier molecular flexibility index (Phi) is 2.97. The van der Waals surface area contributed by atoms with E-state index in [9.17, 15) is 4.79 Å². The number of nitrogens with one attached hydrogen (secondary N) is 1. The molecule has 0 atom stereocenters. The molecule has 2 rings (SSSR count). The highest BCUT2D eigenvalue weighted by Crippen LogP contribution is 2.16. The SMILES string of the molecule is CN1CCN(c2nc(N)[nH]c(=O)c2C#N)CC1. The number of hydrogen-bond acceptors (Lipinski definition) is 6. The van der Waals surface area contributed by atoms with Crippen molar-refractivity contribution < 1.29 is 0 Å². The number of aromatic nitrogens is 2. The molecule has 0 radical (unpaired) electrons. The van der Waals surface area contributed by atoms with Gasteiger partial charge in [-0.3, -0.25) is 9.78 Å². The van der Waals surface area contributed by atoms with Crippen molar-refractivity contribution in [2.75, 3.05) is 43.9 Å². The molecule has 1 fully saturated rings. The van der Waals surface area contributed by atoms with Gasteiger partial charge in [0, 0.05) is 26.2 Å². The van der Waals surface area contributed by atoms with E-state index in [4.69, 9.17) is 11.0 Å². The Morgan fingerprint density at radius 3 is 2.65 bits per heavy atom. The molecule has 7 nitrogen and oxygen atoms in total. The average molecular weight is 234 g/mol. The van der Waals surface area contributed by atoms with E-state index in [0.717, 1.165) is 26.2 Å². The molecular formula is C10H14N6O. The van der Waals surface area contributed by atoms with Crippen LogP contribution in [0.3, 0.4) is 0 Å². The standard InChI is InChI=1S/C10H14N6O/c1-15-2-4-16(5-3-15)8-7(6-11)9(17)14-10(12)13-8/h2-5H2,1H3,(H3,12,13,14,17). The highest BCUT2D eigenvalue weighted by Gasteiger charge is 2.20. The summed E-state index contributed by atoms with van der Waals surface area (Å²) < 4.78 is 0. The molecule has 0 bridgehead atoms. The van der Waals surface area contributed by atoms with Gasteiger partial charge in [0.25, 0.3) is 5.56 Å². The quantitative estimate of drug-likeness (QED) is 0.644. The number of rotatable bonds is 1. The number of H-pyrrole nitrogens is 1. The lowest BCUT2D eigenvalue weighted by molar-refractivity contribution is 0.312. The normalized spacial score (nSPS) is 16.8. The minimum atomic E-state index is -0.478. The maximum absolute atomic E-state index is 11.6. The molecule has 17 heavy (non-hydrogen) atoms. The zero-order chi connectivity index (χ0) is 12.4. The molecule has 1 aliphatic heterocycles. The number of nitrogen functional groups attached to an aromatic ring is 1. The van der Waals surface area contributed by atoms with E-state index in [-0.39, 0.29) is 11.5 Å². The fraction of sp³-hybridized carbons (Fsp3) is 0.500. The van der Waals surface area contributed by atoms with Crippen LogP contribution in [0.2, 0.25) is 0 Å². The zero-order valence-electron chi connectivity index (χ0n) is 9.60. The minimum Gasteiger partial charge on any atom is -0.369 e. The van der Waals surface area contributed by atoms with Gasteiger partial charge in [0.05, 0.1) is 0 Å². The van der Waals surface area contributed by atoms with Crippen LogP contribution >= 0.6 is 0 Å². The van der Waals surface area contributed by atoms with Gasteiger partial charge in [-0.05, 0) is 7.05 Å². The molecule has 3 N–H and O–H groups in total. The fourth-order valence-corrected chi connectivity index (χ4v) is 1.83. The largest absolute Gasteiger partial charge is 0.369 e. The van der Waals surface area contributed by atoms with Crippen LogP contribution < -0.4 is 16.2 Å². The summed E-state index contributed by atoms with van der Waals surface area (Å²) in [5.41, 5.74) is 5.06. The number of nitrogens with two attached hydrogens (primary N) is 1. The Morgan fingerprint density at radius 1 is 1.41 bits per heavy atom. The third kappa shape index (κ3) is 2.21. The molecule has 0 aliphatic carbocycles. The molecular weight excluding hydrogens is 220 g/mol. The van der Waals surface area contributed by atoms with Gasteiger partial charge in [-0.2, -0.15) is 10.2 Å². The van der Waals surface area contributed by atoms with Crippen molar-refractivity contribution in [1.29, 1.82) is 5.26 Å². The first-order valence-electron chi connectivity index (χ1n) is 5.35. The molecule has 1 aromatic heterocycles. The van der Waals surface area contributed by atoms with Crippen molar-refractivity contribution in [3.8, 4) is 6.07 Å². The molecule has 2 heterocycles. The molecule has 0 spiro atoms. The second-order valence-corrected chi connectivity index (χ2v) is 4.05. The minimum absolute atomic E-state index is 0.0313. The van der Waals surface area contributed by atoms with Crippen molar-refractivity contribution in [1.82, 2.24) is 14.9 Å². The fourth-order valence-electron chi connectivity index (χ4n) is 1.83. The maximum Gasteiger partial charge on any atom is 0.272 e. The van der Waals surface area contributed by atoms with E-state index in [1.165, 1.54) is 0 Å². The third-order valence-corrected chi connectivity index (χ3v) is 2.83. The summed E-state index contributed by atoms with van der Waals surface area (Å²) in [6, 6.07) is 1.88. The lowest BCUT2D eigenvalue weighted by atomic mass is 10.2. The van der Waals surface area contributed by atoms with E-state index in [1.807, 2.05) is 18.0 Å². The van der Waals surface area contributed by atoms with E-state index < -0.39 is 5.56 Å². The Balaban J connectivity index is 2.38. The Bertz CT molecular complexity index is 509. The van der Waals surface area contributed by atoms with Gasteiger partial charge < -0.3 is 15.5 Å². The zero-order valence-corrected chi connectivity index (χ0v) is 9.60. The van der Waals surface area contributed by atoms with Crippen LogP contribution in [0.4, 0.5) is 11.8 Å². The highest BCUT2D eigenvalue weighted by molar-refractivity contribution is 5.54. The number of nitriles is 1. The number of likely N-dealkylation sites (N-methyl/N-ethyl adjacent to an activating group) is 1. The predicted octanol–water partition coefficient (Wildman–Crippen LogP) is -1.02. The van der Waals surface area contributed by atoms with Gasteiger partial charge in [0.2, 0.25) is 5.95 Å². The average Bonchev–Trinajstić information content (AvgIpc) is 2.29. The van der Waals surface area contributed by atoms with Crippen LogP contribution in [0.25, 0.3) is 0 Å². The van der Waals surface area contributed by atoms with Gasteiger partial charge in [-0.1, -0.05) is 0 Å². The van der Waals surface area contributed by atoms with Crippen LogP contribution in [0, 0.1) is 11.3 Å². The van der Waals surface area contributed by atoms with Gasteiger partial charge in [-0.25, -0.2) is 0 Å². The van der Waals surface area contributed by atoms with Crippen LogP contribution in [0.1, 0.15) is 5.56 Å². The van der Waals surface area contributed by atoms with Crippen molar-refractivity contribution in [3.05, 3.63) is 15.9 Å². The molecule has 0 unspecified atom stereocenters. The summed E-state index contributed by atoms with van der Waals surface area (Å²) in [5.74, 6) is 0.435. The van der Waals surface area contributed by atoms with Crippen LogP contribution in [0.15, 0.2) is 4.79 Å². The lowest BCUT2D eigenvalue weighted by Crippen LogP contribution is -2.45. The summed E-state index contributed by atoms with van der Waals surface area (Å²) in [6.07, 6.45) is 0. The van der Waals surface area contributed by atoms with Gasteiger partial charge in [0.1, 0.15) is 6.07 Å². The Hall–Kier alpha value is -2.07. The molecule has 1 aromatic rings. The van der Waals surface area contributed by atoms with Crippen LogP contribution in [-0.2, 0) is 0 Å². The van der Waals surface area contributed by atoms with Gasteiger partial charge in [0.15, 0.2) is 11.4 Å². The van der Waals surface area contributed by atoms with Crippen molar-refractivity contribution in [2.24, 2.45) is 0 Å². The molecule has 0 amide bonds. The molecule has 7 heteroatoms. The highest BCUT2D eigenvalue weighted by atomic mass is 16.1. The van der Waals surface area contributed by atoms with Gasteiger partial charge in [-0.15, -0.1) is 0 Å². The first kappa shape index (κ1) is 11.4. The number of nitrogens with zero attached hydrogens (tertiary/aromatic N) is 4. The van der Waals surface area contributed by atoms with E-state index in [2.05, 4.69) is 14.9 Å². The molecule has 0 aromatic carbocycles. The molecule has 90 valence electrons. The lowest BCUT2D eigenvalue weighted by Gasteiger charge is -2.33. The van der Waals surface area contributed by atoms with E-state index in [0.29, 0.717) is 5.82 Å². The first-order valence-corrected chi connectivity index (χ1v) is 5.35. The summed E-state index contributed by atoms with van der Waals surface area (Å²) in [5, 5.41) is 8.98. The summed E-state index contributed by atoms with van der Waals surface area (Å²) in [6.45, 7) is 3.22. The smallest absolute Gasteiger partial charge is 0.272 e. The van der Waals surface area contributed by atoms with Crippen molar-refractivity contribution in [3.63, 3.8) is 0 Å². The van der Waals surface area contributed by atoms with Crippen molar-refractivity contribution in [2.45, 2.75) is 0 Å². The summed E-state index contributed by atoms with van der Waals surface area (Å²) >= 11 is 0. The Morgan fingerprint density at radius 2 is 2.06 bits per heavy atom. The van der Waals surface area contributed by atoms with E-state index >= 15 is 0 Å². The molecule has 1 saturated heterocycles. The summed E-state index contributed by atoms with van der Waals surface area (Å²) in [7, 11) is 2.03. The second-order valence-electron chi connectivity index (χ2n) is 4.05. The molecule has 0 saturated carbocycles. The first-order chi connectivity index (χ1) is 8.11. The topological polar surface area (TPSA) is 102 Å². The Labute approximate surface area is 98.5 Å². The summed E-state index contributed by atoms with van der Waals surface area (Å²) in [4.78, 5) is 22.1. The van der Waals surface area contributed by atoms with Gasteiger partial charge >= 0.3 is 0 Å².